The third-order valence-corrected chi connectivity index (χ3v) is 3.37. The lowest BCUT2D eigenvalue weighted by molar-refractivity contribution is -0.112. The molecular weight excluding hydrogens is 314 g/mol. The molecule has 0 radical (unpaired) electrons. The first-order valence-corrected chi connectivity index (χ1v) is 8.48. The molecule has 0 unspecified atom stereocenters. The maximum absolute atomic E-state index is 12.3. The summed E-state index contributed by atoms with van der Waals surface area (Å²) in [6.07, 6.45) is 2.39. The number of nitrogens with zero attached hydrogens (tertiary/aromatic N) is 1. The van der Waals surface area contributed by atoms with Crippen LogP contribution in [0, 0.1) is 16.7 Å². The maximum Gasteiger partial charge on any atom is 0.267 e. The number of ether oxygens (including phenoxy) is 1. The van der Waals surface area contributed by atoms with Crippen molar-refractivity contribution in [2.24, 2.45) is 5.41 Å². The highest BCUT2D eigenvalue weighted by Gasteiger charge is 2.24. The van der Waals surface area contributed by atoms with E-state index in [-0.39, 0.29) is 16.5 Å². The van der Waals surface area contributed by atoms with Crippen LogP contribution in [0.15, 0.2) is 36.0 Å². The Morgan fingerprint density at radius 2 is 1.80 bits per heavy atom. The van der Waals surface area contributed by atoms with Crippen molar-refractivity contribution in [3.05, 3.63) is 36.0 Å². The van der Waals surface area contributed by atoms with E-state index in [1.54, 1.807) is 24.3 Å². The summed E-state index contributed by atoms with van der Waals surface area (Å²) >= 11 is 0. The number of nitriles is 1. The molecule has 0 aromatic heterocycles. The molecule has 2 N–H and O–H groups in total. The lowest BCUT2D eigenvalue weighted by Gasteiger charge is -2.33. The van der Waals surface area contributed by atoms with Crippen molar-refractivity contribution >= 4 is 11.6 Å². The predicted octanol–water partition coefficient (Wildman–Crippen LogP) is 4.24. The number of amides is 1. The van der Waals surface area contributed by atoms with Crippen molar-refractivity contribution < 1.29 is 9.53 Å². The molecule has 5 heteroatoms. The summed E-state index contributed by atoms with van der Waals surface area (Å²) in [5.41, 5.74) is 0.570. The lowest BCUT2D eigenvalue weighted by atomic mass is 9.82. The van der Waals surface area contributed by atoms with Crippen molar-refractivity contribution in [3.63, 3.8) is 0 Å². The number of rotatable bonds is 7. The molecule has 0 aliphatic carbocycles. The average molecular weight is 343 g/mol. The van der Waals surface area contributed by atoms with E-state index in [0.29, 0.717) is 12.3 Å². The Labute approximate surface area is 151 Å². The normalized spacial score (nSPS) is 12.3. The maximum atomic E-state index is 12.3. The van der Waals surface area contributed by atoms with E-state index in [2.05, 4.69) is 31.4 Å². The van der Waals surface area contributed by atoms with Crippen LogP contribution >= 0.6 is 0 Å². The van der Waals surface area contributed by atoms with Gasteiger partial charge in [0.2, 0.25) is 0 Å². The zero-order chi connectivity index (χ0) is 19.1. The Kier molecular flexibility index (Phi) is 7.05. The van der Waals surface area contributed by atoms with Gasteiger partial charge in [0.05, 0.1) is 6.61 Å². The van der Waals surface area contributed by atoms with E-state index < -0.39 is 5.91 Å². The molecule has 0 heterocycles. The fourth-order valence-electron chi connectivity index (χ4n) is 2.79. The third kappa shape index (κ3) is 7.75. The van der Waals surface area contributed by atoms with Gasteiger partial charge in [0.1, 0.15) is 17.4 Å². The smallest absolute Gasteiger partial charge is 0.267 e. The van der Waals surface area contributed by atoms with Crippen LogP contribution in [0.2, 0.25) is 0 Å². The Morgan fingerprint density at radius 1 is 1.20 bits per heavy atom. The van der Waals surface area contributed by atoms with Gasteiger partial charge in [0, 0.05) is 17.4 Å². The van der Waals surface area contributed by atoms with Gasteiger partial charge in [-0.25, -0.2) is 0 Å². The summed E-state index contributed by atoms with van der Waals surface area (Å²) in [6, 6.07) is 9.00. The number of hydrogen-bond acceptors (Lipinski definition) is 4. The average Bonchev–Trinajstić information content (AvgIpc) is 2.47. The Bertz CT molecular complexity index is 647. The highest BCUT2D eigenvalue weighted by atomic mass is 16.5. The fourth-order valence-corrected chi connectivity index (χ4v) is 2.79. The van der Waals surface area contributed by atoms with E-state index in [9.17, 15) is 10.1 Å². The SMILES string of the molecule is CCOc1ccc(NC(=O)/C(C#N)=C\NC(C)(C)CC(C)(C)C)cc1. The first-order chi connectivity index (χ1) is 11.6. The molecule has 0 atom stereocenters. The molecule has 0 saturated heterocycles. The molecule has 0 fully saturated rings. The van der Waals surface area contributed by atoms with Gasteiger partial charge in [-0.2, -0.15) is 5.26 Å². The molecule has 0 aliphatic heterocycles. The van der Waals surface area contributed by atoms with Gasteiger partial charge in [-0.1, -0.05) is 20.8 Å². The van der Waals surface area contributed by atoms with Gasteiger partial charge in [0.25, 0.3) is 5.91 Å². The van der Waals surface area contributed by atoms with Crippen molar-refractivity contribution in [1.29, 1.82) is 5.26 Å². The quantitative estimate of drug-likeness (QED) is 0.574. The van der Waals surface area contributed by atoms with Crippen LogP contribution in [0.1, 0.15) is 48.0 Å². The molecule has 1 amide bonds. The summed E-state index contributed by atoms with van der Waals surface area (Å²) in [5.74, 6) is 0.299. The highest BCUT2D eigenvalue weighted by Crippen LogP contribution is 2.26. The van der Waals surface area contributed by atoms with Gasteiger partial charge < -0.3 is 15.4 Å². The fraction of sp³-hybridized carbons (Fsp3) is 0.500. The minimum atomic E-state index is -0.439. The minimum Gasteiger partial charge on any atom is -0.494 e. The molecule has 25 heavy (non-hydrogen) atoms. The second kappa shape index (κ2) is 8.57. The molecule has 1 aromatic rings. The first-order valence-electron chi connectivity index (χ1n) is 8.48. The molecular formula is C20H29N3O2. The standard InChI is InChI=1S/C20H29N3O2/c1-7-25-17-10-8-16(9-11-17)23-18(24)15(12-21)13-22-20(5,6)14-19(2,3)4/h8-11,13,22H,7,14H2,1-6H3,(H,23,24)/b15-13-. The molecule has 136 valence electrons. The topological polar surface area (TPSA) is 74.1 Å². The van der Waals surface area contributed by atoms with Crippen molar-refractivity contribution in [3.8, 4) is 11.8 Å². The van der Waals surface area contributed by atoms with Crippen LogP contribution < -0.4 is 15.4 Å². The van der Waals surface area contributed by atoms with E-state index in [4.69, 9.17) is 4.74 Å². The van der Waals surface area contributed by atoms with E-state index >= 15 is 0 Å². The highest BCUT2D eigenvalue weighted by molar-refractivity contribution is 6.06. The van der Waals surface area contributed by atoms with Gasteiger partial charge in [-0.05, 0) is 56.9 Å². The zero-order valence-corrected chi connectivity index (χ0v) is 16.1. The van der Waals surface area contributed by atoms with Gasteiger partial charge in [-0.3, -0.25) is 4.79 Å². The molecule has 0 spiro atoms. The van der Waals surface area contributed by atoms with Crippen molar-refractivity contribution in [2.75, 3.05) is 11.9 Å². The van der Waals surface area contributed by atoms with Crippen LogP contribution in [0.5, 0.6) is 5.75 Å². The first kappa shape index (κ1) is 20.6. The van der Waals surface area contributed by atoms with Crippen molar-refractivity contribution in [1.82, 2.24) is 5.32 Å². The van der Waals surface area contributed by atoms with Gasteiger partial charge in [0.15, 0.2) is 0 Å². The second-order valence-corrected chi connectivity index (χ2v) is 7.85. The summed E-state index contributed by atoms with van der Waals surface area (Å²) < 4.78 is 5.36. The monoisotopic (exact) mass is 343 g/mol. The Hall–Kier alpha value is -2.48. The molecule has 1 aromatic carbocycles. The predicted molar refractivity (Wildman–Crippen MR) is 101 cm³/mol. The van der Waals surface area contributed by atoms with E-state index in [1.165, 1.54) is 6.20 Å². The number of hydrogen-bond donors (Lipinski definition) is 2. The van der Waals surface area contributed by atoms with Gasteiger partial charge >= 0.3 is 0 Å². The Balaban J connectivity index is 2.75. The van der Waals surface area contributed by atoms with Crippen LogP contribution in [0.25, 0.3) is 0 Å². The van der Waals surface area contributed by atoms with Crippen LogP contribution in [-0.4, -0.2) is 18.1 Å². The number of benzene rings is 1. The number of nitrogens with one attached hydrogen (secondary N) is 2. The molecule has 1 rings (SSSR count). The van der Waals surface area contributed by atoms with Crippen LogP contribution in [0.3, 0.4) is 0 Å². The molecule has 0 bridgehead atoms. The summed E-state index contributed by atoms with van der Waals surface area (Å²) in [5, 5.41) is 15.2. The number of anilines is 1. The summed E-state index contributed by atoms with van der Waals surface area (Å²) in [6.45, 7) is 13.1. The van der Waals surface area contributed by atoms with Crippen LogP contribution in [-0.2, 0) is 4.79 Å². The molecule has 0 aliphatic rings. The Morgan fingerprint density at radius 3 is 2.28 bits per heavy atom. The van der Waals surface area contributed by atoms with Crippen molar-refractivity contribution in [2.45, 2.75) is 53.5 Å². The number of carbonyl (C=O) groups excluding carboxylic acids is 1. The molecule has 0 saturated carbocycles. The van der Waals surface area contributed by atoms with Crippen LogP contribution in [0.4, 0.5) is 5.69 Å². The van der Waals surface area contributed by atoms with E-state index in [0.717, 1.165) is 12.2 Å². The largest absolute Gasteiger partial charge is 0.494 e. The minimum absolute atomic E-state index is 0.0378. The van der Waals surface area contributed by atoms with E-state index in [1.807, 2.05) is 26.8 Å². The zero-order valence-electron chi connectivity index (χ0n) is 16.1. The summed E-state index contributed by atoms with van der Waals surface area (Å²) in [7, 11) is 0. The third-order valence-electron chi connectivity index (χ3n) is 3.37. The van der Waals surface area contributed by atoms with Gasteiger partial charge in [-0.15, -0.1) is 0 Å². The number of carbonyl (C=O) groups is 1. The lowest BCUT2D eigenvalue weighted by Crippen LogP contribution is -2.39. The summed E-state index contributed by atoms with van der Waals surface area (Å²) in [4.78, 5) is 12.3. The molecule has 5 nitrogen and oxygen atoms in total. The second-order valence-electron chi connectivity index (χ2n) is 7.85.